The lowest BCUT2D eigenvalue weighted by atomic mass is 10.00. The van der Waals surface area contributed by atoms with Gasteiger partial charge in [0.05, 0.1) is 5.69 Å². The van der Waals surface area contributed by atoms with Gasteiger partial charge in [0.25, 0.3) is 5.56 Å². The van der Waals surface area contributed by atoms with Crippen molar-refractivity contribution in [1.29, 1.82) is 0 Å². The summed E-state index contributed by atoms with van der Waals surface area (Å²) < 4.78 is 1.02. The zero-order valence-electron chi connectivity index (χ0n) is 16.5. The van der Waals surface area contributed by atoms with E-state index in [1.165, 1.54) is 6.07 Å². The molecule has 2 N–H and O–H groups in total. The third-order valence-electron chi connectivity index (χ3n) is 4.92. The smallest absolute Gasteiger partial charge is 0.349 e. The molecular weight excluding hydrogens is 473 g/mol. The number of phenols is 1. The molecule has 0 aliphatic rings. The number of aromatic nitrogens is 3. The number of aromatic amines is 1. The van der Waals surface area contributed by atoms with Crippen LogP contribution in [0.5, 0.6) is 5.75 Å². The Morgan fingerprint density at radius 1 is 0.844 bits per heavy atom. The molecule has 0 fully saturated rings. The summed E-state index contributed by atoms with van der Waals surface area (Å²) in [5.41, 5.74) is 2.79. The Balaban J connectivity index is 1.55. The Morgan fingerprint density at radius 3 is 2.06 bits per heavy atom. The van der Waals surface area contributed by atoms with Crippen molar-refractivity contribution in [3.05, 3.63) is 119 Å². The number of nitrogens with one attached hydrogen (secondary N) is 1. The van der Waals surface area contributed by atoms with Gasteiger partial charge in [-0.2, -0.15) is 9.78 Å². The van der Waals surface area contributed by atoms with Gasteiger partial charge in [-0.1, -0.05) is 65.1 Å². The van der Waals surface area contributed by atoms with Gasteiger partial charge in [-0.25, -0.2) is 4.79 Å². The molecule has 1 aromatic heterocycles. The lowest BCUT2D eigenvalue weighted by Crippen LogP contribution is -2.30. The maximum absolute atomic E-state index is 12.0. The molecule has 0 bridgehead atoms. The molecule has 0 saturated heterocycles. The fraction of sp³-hybridized carbons (Fsp3) is 0.0870. The van der Waals surface area contributed by atoms with E-state index in [1.807, 2.05) is 24.3 Å². The van der Waals surface area contributed by atoms with E-state index in [2.05, 4.69) is 10.1 Å². The second kappa shape index (κ2) is 9.20. The van der Waals surface area contributed by atoms with E-state index < -0.39 is 11.2 Å². The highest BCUT2D eigenvalue weighted by Gasteiger charge is 2.12. The van der Waals surface area contributed by atoms with E-state index in [4.69, 9.17) is 34.8 Å². The van der Waals surface area contributed by atoms with Crippen molar-refractivity contribution in [2.45, 2.75) is 12.8 Å². The highest BCUT2D eigenvalue weighted by atomic mass is 35.5. The molecule has 0 unspecified atom stereocenters. The number of phenolic OH excluding ortho intramolecular Hbond substituents is 1. The molecule has 0 atom stereocenters. The predicted molar refractivity (Wildman–Crippen MR) is 126 cm³/mol. The number of aromatic hydroxyl groups is 1. The lowest BCUT2D eigenvalue weighted by molar-refractivity contribution is 0.475. The van der Waals surface area contributed by atoms with Gasteiger partial charge in [0.2, 0.25) is 0 Å². The molecular formula is C23H16Cl3N3O3. The molecule has 1 heterocycles. The third kappa shape index (κ3) is 4.88. The summed E-state index contributed by atoms with van der Waals surface area (Å²) in [5, 5.41) is 14.6. The molecule has 0 aliphatic heterocycles. The van der Waals surface area contributed by atoms with Crippen LogP contribution in [0, 0.1) is 0 Å². The summed E-state index contributed by atoms with van der Waals surface area (Å²) in [7, 11) is 0. The summed E-state index contributed by atoms with van der Waals surface area (Å²) in [4.78, 5) is 25.3. The highest BCUT2D eigenvalue weighted by Crippen LogP contribution is 2.30. The van der Waals surface area contributed by atoms with Crippen LogP contribution in [0.15, 0.2) is 70.4 Å². The van der Waals surface area contributed by atoms with Gasteiger partial charge in [-0.05, 0) is 52.9 Å². The van der Waals surface area contributed by atoms with Crippen LogP contribution in [0.4, 0.5) is 0 Å². The lowest BCUT2D eigenvalue weighted by Gasteiger charge is -2.11. The first-order valence-electron chi connectivity index (χ1n) is 9.52. The van der Waals surface area contributed by atoms with Crippen molar-refractivity contribution in [2.24, 2.45) is 0 Å². The Kier molecular flexibility index (Phi) is 6.37. The molecule has 0 aliphatic carbocycles. The molecule has 4 aromatic rings. The van der Waals surface area contributed by atoms with E-state index in [1.54, 1.807) is 24.3 Å². The van der Waals surface area contributed by atoms with Crippen molar-refractivity contribution in [2.75, 3.05) is 0 Å². The van der Waals surface area contributed by atoms with E-state index in [-0.39, 0.29) is 5.75 Å². The quantitative estimate of drug-likeness (QED) is 0.424. The molecule has 3 aromatic carbocycles. The van der Waals surface area contributed by atoms with E-state index >= 15 is 0 Å². The van der Waals surface area contributed by atoms with Crippen molar-refractivity contribution in [3.63, 3.8) is 0 Å². The average molecular weight is 489 g/mol. The van der Waals surface area contributed by atoms with Gasteiger partial charge in [-0.3, -0.25) is 9.78 Å². The Hall–Kier alpha value is -3.06. The molecule has 9 heteroatoms. The standard InChI is InChI=1S/C23H16Cl3N3O3/c24-19-11-17(30)6-5-15(19)7-13-1-3-14(4-2-13)8-18-20(25)9-16(10-21(18)26)29-23(32)28-22(31)12-27-29/h1-6,9-12,30H,7-8H2,(H,28,31,32). The van der Waals surface area contributed by atoms with Crippen LogP contribution in [0.2, 0.25) is 15.1 Å². The minimum absolute atomic E-state index is 0.134. The molecule has 4 rings (SSSR count). The van der Waals surface area contributed by atoms with Crippen LogP contribution in [-0.4, -0.2) is 19.9 Å². The van der Waals surface area contributed by atoms with Crippen molar-refractivity contribution < 1.29 is 5.11 Å². The number of rotatable bonds is 5. The molecule has 162 valence electrons. The van der Waals surface area contributed by atoms with Crippen LogP contribution < -0.4 is 11.2 Å². The van der Waals surface area contributed by atoms with E-state index in [0.29, 0.717) is 39.2 Å². The van der Waals surface area contributed by atoms with Gasteiger partial charge < -0.3 is 5.11 Å². The minimum atomic E-state index is -0.679. The number of hydrogen-bond acceptors (Lipinski definition) is 4. The maximum Gasteiger partial charge on any atom is 0.349 e. The zero-order valence-corrected chi connectivity index (χ0v) is 18.7. The largest absolute Gasteiger partial charge is 0.508 e. The Bertz CT molecular complexity index is 1390. The fourth-order valence-corrected chi connectivity index (χ4v) is 4.15. The maximum atomic E-state index is 12.0. The number of halogens is 3. The zero-order chi connectivity index (χ0) is 22.8. The second-order valence-electron chi connectivity index (χ2n) is 7.18. The fourth-order valence-electron chi connectivity index (χ4n) is 3.30. The average Bonchev–Trinajstić information content (AvgIpc) is 2.74. The Labute approximate surface area is 197 Å². The molecule has 0 radical (unpaired) electrons. The minimum Gasteiger partial charge on any atom is -0.508 e. The SMILES string of the molecule is O=c1cnn(-c2cc(Cl)c(Cc3ccc(Cc4ccc(O)cc4Cl)cc3)c(Cl)c2)c(=O)[nH]1. The third-order valence-corrected chi connectivity index (χ3v) is 5.94. The van der Waals surface area contributed by atoms with Gasteiger partial charge >= 0.3 is 5.69 Å². The molecule has 0 saturated carbocycles. The first-order chi connectivity index (χ1) is 15.3. The number of hydrogen-bond donors (Lipinski definition) is 2. The topological polar surface area (TPSA) is 88.0 Å². The second-order valence-corrected chi connectivity index (χ2v) is 8.41. The van der Waals surface area contributed by atoms with Crippen molar-refractivity contribution in [1.82, 2.24) is 14.8 Å². The van der Waals surface area contributed by atoms with Gasteiger partial charge in [-0.15, -0.1) is 0 Å². The first kappa shape index (κ1) is 22.1. The number of nitrogens with zero attached hydrogens (tertiary/aromatic N) is 2. The van der Waals surface area contributed by atoms with Crippen LogP contribution in [-0.2, 0) is 12.8 Å². The normalized spacial score (nSPS) is 11.0. The molecule has 32 heavy (non-hydrogen) atoms. The van der Waals surface area contributed by atoms with Crippen LogP contribution in [0.25, 0.3) is 5.69 Å². The molecule has 0 spiro atoms. The van der Waals surface area contributed by atoms with Crippen LogP contribution >= 0.6 is 34.8 Å². The van der Waals surface area contributed by atoms with Crippen molar-refractivity contribution in [3.8, 4) is 11.4 Å². The van der Waals surface area contributed by atoms with Crippen LogP contribution in [0.1, 0.15) is 22.3 Å². The van der Waals surface area contributed by atoms with Crippen molar-refractivity contribution >= 4 is 34.8 Å². The van der Waals surface area contributed by atoms with E-state index in [0.717, 1.165) is 27.6 Å². The number of H-pyrrole nitrogens is 1. The summed E-state index contributed by atoms with van der Waals surface area (Å²) in [6, 6.07) is 16.1. The van der Waals surface area contributed by atoms with Gasteiger partial charge in [0.15, 0.2) is 0 Å². The summed E-state index contributed by atoms with van der Waals surface area (Å²) in [5.74, 6) is 0.134. The summed E-state index contributed by atoms with van der Waals surface area (Å²) >= 11 is 19.1. The first-order valence-corrected chi connectivity index (χ1v) is 10.7. The molecule has 0 amide bonds. The molecule has 6 nitrogen and oxygen atoms in total. The summed E-state index contributed by atoms with van der Waals surface area (Å²) in [6.07, 6.45) is 2.13. The summed E-state index contributed by atoms with van der Waals surface area (Å²) in [6.45, 7) is 0. The van der Waals surface area contributed by atoms with Gasteiger partial charge in [0, 0.05) is 21.5 Å². The monoisotopic (exact) mass is 487 g/mol. The highest BCUT2D eigenvalue weighted by molar-refractivity contribution is 6.36. The van der Waals surface area contributed by atoms with Crippen LogP contribution in [0.3, 0.4) is 0 Å². The van der Waals surface area contributed by atoms with Gasteiger partial charge in [0.1, 0.15) is 11.9 Å². The number of benzene rings is 3. The Morgan fingerprint density at radius 2 is 1.47 bits per heavy atom. The predicted octanol–water partition coefficient (Wildman–Crippen LogP) is 4.77. The van der Waals surface area contributed by atoms with E-state index in [9.17, 15) is 14.7 Å².